The summed E-state index contributed by atoms with van der Waals surface area (Å²) in [6.07, 6.45) is 4.41. The molecule has 0 spiro atoms. The second-order valence-corrected chi connectivity index (χ2v) is 8.81. The first-order chi connectivity index (χ1) is 16.4. The molecule has 0 fully saturated rings. The monoisotopic (exact) mass is 457 g/mol. The van der Waals surface area contributed by atoms with Crippen molar-refractivity contribution >= 4 is 29.2 Å². The number of nitrogens with one attached hydrogen (secondary N) is 4. The zero-order valence-corrected chi connectivity index (χ0v) is 19.9. The Morgan fingerprint density at radius 1 is 1.18 bits per heavy atom. The van der Waals surface area contributed by atoms with E-state index in [1.807, 2.05) is 51.1 Å². The van der Waals surface area contributed by atoms with Gasteiger partial charge in [0.15, 0.2) is 0 Å². The smallest absolute Gasteiger partial charge is 0.256 e. The lowest BCUT2D eigenvalue weighted by Gasteiger charge is -2.20. The van der Waals surface area contributed by atoms with Gasteiger partial charge in [-0.3, -0.25) is 4.79 Å². The van der Waals surface area contributed by atoms with Crippen LogP contribution in [0.2, 0.25) is 0 Å². The Hall–Kier alpha value is -3.78. The van der Waals surface area contributed by atoms with Crippen LogP contribution in [0, 0.1) is 0 Å². The zero-order valence-electron chi connectivity index (χ0n) is 19.9. The number of hydrogen-bond donors (Lipinski definition) is 4. The third kappa shape index (κ3) is 5.23. The quantitative estimate of drug-likeness (QED) is 0.376. The Kier molecular flexibility index (Phi) is 6.88. The van der Waals surface area contributed by atoms with Gasteiger partial charge >= 0.3 is 0 Å². The molecule has 0 saturated heterocycles. The van der Waals surface area contributed by atoms with Crippen molar-refractivity contribution < 1.29 is 4.79 Å². The van der Waals surface area contributed by atoms with Gasteiger partial charge in [0.05, 0.1) is 5.69 Å². The molecule has 0 bridgehead atoms. The number of hydrogen-bond acceptors (Lipinski definition) is 7. The highest BCUT2D eigenvalue weighted by Crippen LogP contribution is 2.26. The van der Waals surface area contributed by atoms with E-state index in [-0.39, 0.29) is 11.3 Å². The van der Waals surface area contributed by atoms with Crippen molar-refractivity contribution in [1.29, 1.82) is 0 Å². The van der Waals surface area contributed by atoms with E-state index >= 15 is 0 Å². The summed E-state index contributed by atoms with van der Waals surface area (Å²) in [5.74, 6) is 1.10. The van der Waals surface area contributed by atoms with Crippen LogP contribution in [0.1, 0.15) is 48.0 Å². The van der Waals surface area contributed by atoms with E-state index in [4.69, 9.17) is 4.98 Å². The van der Waals surface area contributed by atoms with Crippen LogP contribution >= 0.6 is 0 Å². The van der Waals surface area contributed by atoms with E-state index in [2.05, 4.69) is 49.9 Å². The highest BCUT2D eigenvalue weighted by molar-refractivity contribution is 5.99. The number of carbonyl (C=O) groups is 1. The number of fused-ring (bicyclic) bond motifs is 1. The topological polar surface area (TPSA) is 104 Å². The van der Waals surface area contributed by atoms with Crippen LogP contribution in [0.4, 0.5) is 23.3 Å². The predicted molar refractivity (Wildman–Crippen MR) is 136 cm³/mol. The Balaban J connectivity index is 1.65. The summed E-state index contributed by atoms with van der Waals surface area (Å²) in [5, 5.41) is 12.7. The molecule has 1 amide bonds. The molecule has 0 saturated carbocycles. The minimum absolute atomic E-state index is 0.251. The fraction of sp³-hybridized carbons (Fsp3) is 0.308. The number of pyridine rings is 1. The molecule has 2 aromatic heterocycles. The molecule has 4 rings (SSSR count). The number of anilines is 4. The molecule has 0 aliphatic carbocycles. The standard InChI is InChI=1S/C26H31N7O/c1-5-26(3,4)21-8-7-9-22(31-21)32-23-20(24(34)28-6-2)16-29-25(33-23)30-19-11-10-17-12-13-27-15-18(17)14-19/h5,7-11,14,16,27H,1,6,12-13,15H2,2-4H3,(H,28,34)(H2,29,30,31,32,33). The lowest BCUT2D eigenvalue weighted by atomic mass is 9.89. The van der Waals surface area contributed by atoms with Gasteiger partial charge in [0.25, 0.3) is 5.91 Å². The van der Waals surface area contributed by atoms with Gasteiger partial charge in [0.1, 0.15) is 17.2 Å². The average molecular weight is 458 g/mol. The van der Waals surface area contributed by atoms with Crippen molar-refractivity contribution in [3.05, 3.63) is 77.6 Å². The molecule has 1 aliphatic rings. The number of carbonyl (C=O) groups excluding carboxylic acids is 1. The van der Waals surface area contributed by atoms with Crippen molar-refractivity contribution in [3.8, 4) is 0 Å². The van der Waals surface area contributed by atoms with Gasteiger partial charge in [-0.1, -0.05) is 32.1 Å². The fourth-order valence-electron chi connectivity index (χ4n) is 3.74. The van der Waals surface area contributed by atoms with Gasteiger partial charge in [-0.2, -0.15) is 4.98 Å². The van der Waals surface area contributed by atoms with Crippen LogP contribution in [-0.2, 0) is 18.4 Å². The summed E-state index contributed by atoms with van der Waals surface area (Å²) >= 11 is 0. The second-order valence-electron chi connectivity index (χ2n) is 8.81. The van der Waals surface area contributed by atoms with E-state index in [1.54, 1.807) is 0 Å². The molecule has 1 aromatic carbocycles. The molecule has 8 heteroatoms. The van der Waals surface area contributed by atoms with Crippen molar-refractivity contribution in [1.82, 2.24) is 25.6 Å². The van der Waals surface area contributed by atoms with Gasteiger partial charge in [0.2, 0.25) is 5.95 Å². The van der Waals surface area contributed by atoms with Crippen LogP contribution in [0.25, 0.3) is 0 Å². The number of nitrogens with zero attached hydrogens (tertiary/aromatic N) is 3. The molecule has 3 aromatic rings. The van der Waals surface area contributed by atoms with Crippen molar-refractivity contribution in [2.24, 2.45) is 0 Å². The Morgan fingerprint density at radius 2 is 2.03 bits per heavy atom. The van der Waals surface area contributed by atoms with E-state index in [0.29, 0.717) is 29.7 Å². The number of rotatable bonds is 8. The number of allylic oxidation sites excluding steroid dienone is 1. The Morgan fingerprint density at radius 3 is 2.82 bits per heavy atom. The third-order valence-corrected chi connectivity index (χ3v) is 5.89. The molecule has 0 radical (unpaired) electrons. The van der Waals surface area contributed by atoms with E-state index in [0.717, 1.165) is 30.9 Å². The minimum atomic E-state index is -0.292. The molecule has 1 aliphatic heterocycles. The molecule has 3 heterocycles. The largest absolute Gasteiger partial charge is 0.352 e. The SMILES string of the molecule is C=CC(C)(C)c1cccc(Nc2nc(Nc3ccc4c(c3)CNCC4)ncc2C(=O)NCC)n1. The molecular formula is C26H31N7O. The minimum Gasteiger partial charge on any atom is -0.352 e. The first-order valence-corrected chi connectivity index (χ1v) is 11.5. The highest BCUT2D eigenvalue weighted by Gasteiger charge is 2.20. The van der Waals surface area contributed by atoms with Crippen LogP contribution in [0.15, 0.2) is 55.3 Å². The molecule has 4 N–H and O–H groups in total. The maximum Gasteiger partial charge on any atom is 0.256 e. The summed E-state index contributed by atoms with van der Waals surface area (Å²) < 4.78 is 0. The molecule has 8 nitrogen and oxygen atoms in total. The fourth-order valence-corrected chi connectivity index (χ4v) is 3.74. The van der Waals surface area contributed by atoms with E-state index in [9.17, 15) is 4.79 Å². The van der Waals surface area contributed by atoms with Crippen molar-refractivity contribution in [3.63, 3.8) is 0 Å². The van der Waals surface area contributed by atoms with Crippen molar-refractivity contribution in [2.75, 3.05) is 23.7 Å². The molecule has 176 valence electrons. The first-order valence-electron chi connectivity index (χ1n) is 11.5. The third-order valence-electron chi connectivity index (χ3n) is 5.89. The van der Waals surface area contributed by atoms with Crippen molar-refractivity contribution in [2.45, 2.75) is 39.2 Å². The lowest BCUT2D eigenvalue weighted by Crippen LogP contribution is -2.24. The van der Waals surface area contributed by atoms with Crippen LogP contribution in [0.3, 0.4) is 0 Å². The number of benzene rings is 1. The molecule has 34 heavy (non-hydrogen) atoms. The first kappa shape index (κ1) is 23.4. The van der Waals surface area contributed by atoms with Crippen LogP contribution < -0.4 is 21.3 Å². The normalized spacial score (nSPS) is 13.0. The Labute approximate surface area is 200 Å². The van der Waals surface area contributed by atoms with Gasteiger partial charge in [-0.25, -0.2) is 9.97 Å². The van der Waals surface area contributed by atoms with Gasteiger partial charge in [-0.05, 0) is 55.3 Å². The average Bonchev–Trinajstić information content (AvgIpc) is 2.84. The van der Waals surface area contributed by atoms with Gasteiger partial charge in [-0.15, -0.1) is 6.58 Å². The zero-order chi connectivity index (χ0) is 24.1. The number of aromatic nitrogens is 3. The summed E-state index contributed by atoms with van der Waals surface area (Å²) in [6.45, 7) is 12.2. The Bertz CT molecular complexity index is 1210. The van der Waals surface area contributed by atoms with E-state index < -0.39 is 0 Å². The maximum absolute atomic E-state index is 12.7. The van der Waals surface area contributed by atoms with Gasteiger partial charge < -0.3 is 21.3 Å². The number of amides is 1. The summed E-state index contributed by atoms with van der Waals surface area (Å²) in [5.41, 5.74) is 4.43. The second kappa shape index (κ2) is 10.0. The maximum atomic E-state index is 12.7. The molecular weight excluding hydrogens is 426 g/mol. The van der Waals surface area contributed by atoms with Gasteiger partial charge in [0, 0.05) is 30.4 Å². The highest BCUT2D eigenvalue weighted by atomic mass is 16.1. The van der Waals surface area contributed by atoms with Crippen LogP contribution in [0.5, 0.6) is 0 Å². The summed E-state index contributed by atoms with van der Waals surface area (Å²) in [4.78, 5) is 26.4. The van der Waals surface area contributed by atoms with Crippen LogP contribution in [-0.4, -0.2) is 33.9 Å². The lowest BCUT2D eigenvalue weighted by molar-refractivity contribution is 0.0956. The molecule has 0 unspecified atom stereocenters. The molecule has 0 atom stereocenters. The predicted octanol–water partition coefficient (Wildman–Crippen LogP) is 4.22. The van der Waals surface area contributed by atoms with E-state index in [1.165, 1.54) is 17.3 Å². The summed E-state index contributed by atoms with van der Waals surface area (Å²) in [6, 6.07) is 12.0. The summed E-state index contributed by atoms with van der Waals surface area (Å²) in [7, 11) is 0.